The first kappa shape index (κ1) is 12.8. The molecule has 18 heavy (non-hydrogen) atoms. The topological polar surface area (TPSA) is 37.4 Å². The van der Waals surface area contributed by atoms with Crippen LogP contribution in [0, 0.1) is 0 Å². The molecule has 3 rings (SSSR count). The molecule has 0 saturated carbocycles. The fraction of sp³-hybridized carbons (Fsp3) is 0.273. The number of hydrogen-bond donors (Lipinski definition) is 0. The molecule has 2 aromatic heterocycles. The van der Waals surface area contributed by atoms with Crippen molar-refractivity contribution >= 4 is 48.6 Å². The lowest BCUT2D eigenvalue weighted by atomic mass is 10.1. The first-order valence-corrected chi connectivity index (χ1v) is 9.31. The molecule has 96 valence electrons. The second-order valence-corrected chi connectivity index (χ2v) is 9.64. The molecule has 1 aliphatic rings. The Kier molecular flexibility index (Phi) is 3.36. The third-order valence-electron chi connectivity index (χ3n) is 2.92. The fourth-order valence-corrected chi connectivity index (χ4v) is 6.46. The summed E-state index contributed by atoms with van der Waals surface area (Å²) in [7, 11) is -3.34. The molecule has 7 heteroatoms. The standard InChI is InChI=1S/C11H10BrNO2S3/c12-10-1-2-11(17-10)18(14,15)13-5-3-9-8(7-13)4-6-16-9/h1-2,4,6H,3,5,7H2. The van der Waals surface area contributed by atoms with E-state index >= 15 is 0 Å². The van der Waals surface area contributed by atoms with Crippen LogP contribution in [0.4, 0.5) is 0 Å². The van der Waals surface area contributed by atoms with Crippen molar-refractivity contribution in [3.63, 3.8) is 0 Å². The molecule has 0 bridgehead atoms. The SMILES string of the molecule is O=S(=O)(c1ccc(Br)s1)N1CCc2sccc2C1. The molecule has 0 saturated heterocycles. The zero-order valence-electron chi connectivity index (χ0n) is 9.30. The zero-order chi connectivity index (χ0) is 12.8. The molecule has 0 N–H and O–H groups in total. The molecule has 0 aliphatic carbocycles. The van der Waals surface area contributed by atoms with Crippen molar-refractivity contribution in [2.24, 2.45) is 0 Å². The van der Waals surface area contributed by atoms with Gasteiger partial charge in [-0.25, -0.2) is 8.42 Å². The van der Waals surface area contributed by atoms with Gasteiger partial charge < -0.3 is 0 Å². The summed E-state index contributed by atoms with van der Waals surface area (Å²) in [4.78, 5) is 1.31. The highest BCUT2D eigenvalue weighted by atomic mass is 79.9. The lowest BCUT2D eigenvalue weighted by Crippen LogP contribution is -2.34. The van der Waals surface area contributed by atoms with Crippen molar-refractivity contribution < 1.29 is 8.42 Å². The smallest absolute Gasteiger partial charge is 0.206 e. The largest absolute Gasteiger partial charge is 0.252 e. The van der Waals surface area contributed by atoms with Gasteiger partial charge in [-0.1, -0.05) is 0 Å². The summed E-state index contributed by atoms with van der Waals surface area (Å²) in [6.07, 6.45) is 0.818. The van der Waals surface area contributed by atoms with Crippen LogP contribution in [0.5, 0.6) is 0 Å². The molecule has 0 fully saturated rings. The Morgan fingerprint density at radius 1 is 1.28 bits per heavy atom. The first-order chi connectivity index (χ1) is 8.57. The first-order valence-electron chi connectivity index (χ1n) is 5.38. The Balaban J connectivity index is 1.92. The highest BCUT2D eigenvalue weighted by Crippen LogP contribution is 2.32. The molecule has 0 radical (unpaired) electrons. The van der Waals surface area contributed by atoms with Gasteiger partial charge in [-0.05, 0) is 51.5 Å². The van der Waals surface area contributed by atoms with Crippen molar-refractivity contribution in [2.75, 3.05) is 6.54 Å². The number of nitrogens with zero attached hydrogens (tertiary/aromatic N) is 1. The summed E-state index contributed by atoms with van der Waals surface area (Å²) in [6.45, 7) is 1.07. The predicted molar refractivity (Wildman–Crippen MR) is 77.6 cm³/mol. The Labute approximate surface area is 122 Å². The van der Waals surface area contributed by atoms with Crippen LogP contribution >= 0.6 is 38.6 Å². The minimum atomic E-state index is -3.34. The number of fused-ring (bicyclic) bond motifs is 1. The minimum Gasteiger partial charge on any atom is -0.206 e. The summed E-state index contributed by atoms with van der Waals surface area (Å²) in [5.41, 5.74) is 1.14. The quantitative estimate of drug-likeness (QED) is 0.820. The third-order valence-corrected chi connectivity index (χ3v) is 7.87. The van der Waals surface area contributed by atoms with E-state index in [1.807, 2.05) is 11.4 Å². The van der Waals surface area contributed by atoms with E-state index in [9.17, 15) is 8.42 Å². The second kappa shape index (κ2) is 4.72. The van der Waals surface area contributed by atoms with Gasteiger partial charge in [-0.15, -0.1) is 22.7 Å². The molecule has 3 heterocycles. The van der Waals surface area contributed by atoms with Gasteiger partial charge in [0.05, 0.1) is 3.79 Å². The summed E-state index contributed by atoms with van der Waals surface area (Å²) in [5.74, 6) is 0. The summed E-state index contributed by atoms with van der Waals surface area (Å²) in [5, 5.41) is 2.03. The van der Waals surface area contributed by atoms with Crippen LogP contribution in [-0.4, -0.2) is 19.3 Å². The van der Waals surface area contributed by atoms with Crippen molar-refractivity contribution in [1.29, 1.82) is 0 Å². The van der Waals surface area contributed by atoms with E-state index in [1.165, 1.54) is 16.2 Å². The van der Waals surface area contributed by atoms with Gasteiger partial charge >= 0.3 is 0 Å². The lowest BCUT2D eigenvalue weighted by molar-refractivity contribution is 0.395. The zero-order valence-corrected chi connectivity index (χ0v) is 13.3. The molecule has 0 spiro atoms. The number of halogens is 1. The van der Waals surface area contributed by atoms with Crippen molar-refractivity contribution in [3.05, 3.63) is 37.8 Å². The number of hydrogen-bond acceptors (Lipinski definition) is 4. The molecular weight excluding hydrogens is 354 g/mol. The van der Waals surface area contributed by atoms with E-state index in [4.69, 9.17) is 0 Å². The van der Waals surface area contributed by atoms with Gasteiger partial charge in [0.2, 0.25) is 0 Å². The van der Waals surface area contributed by atoms with Gasteiger partial charge in [-0.3, -0.25) is 0 Å². The van der Waals surface area contributed by atoms with Gasteiger partial charge in [-0.2, -0.15) is 4.31 Å². The molecular formula is C11H10BrNO2S3. The Morgan fingerprint density at radius 3 is 2.83 bits per heavy atom. The van der Waals surface area contributed by atoms with Crippen LogP contribution in [0.25, 0.3) is 0 Å². The maximum absolute atomic E-state index is 12.5. The molecule has 0 aromatic carbocycles. The normalized spacial score (nSPS) is 16.7. The average Bonchev–Trinajstić information content (AvgIpc) is 2.96. The van der Waals surface area contributed by atoms with Crippen LogP contribution in [0.1, 0.15) is 10.4 Å². The van der Waals surface area contributed by atoms with Crippen molar-refractivity contribution in [2.45, 2.75) is 17.2 Å². The Morgan fingerprint density at radius 2 is 2.11 bits per heavy atom. The van der Waals surface area contributed by atoms with E-state index < -0.39 is 10.0 Å². The van der Waals surface area contributed by atoms with E-state index in [0.717, 1.165) is 15.8 Å². The van der Waals surface area contributed by atoms with Gasteiger partial charge in [0.15, 0.2) is 0 Å². The van der Waals surface area contributed by atoms with Crippen LogP contribution in [-0.2, 0) is 23.0 Å². The van der Waals surface area contributed by atoms with E-state index in [1.54, 1.807) is 27.8 Å². The molecule has 3 nitrogen and oxygen atoms in total. The molecule has 2 aromatic rings. The lowest BCUT2D eigenvalue weighted by Gasteiger charge is -2.25. The number of sulfonamides is 1. The van der Waals surface area contributed by atoms with Gasteiger partial charge in [0, 0.05) is 18.0 Å². The van der Waals surface area contributed by atoms with E-state index in [-0.39, 0.29) is 0 Å². The summed E-state index contributed by atoms with van der Waals surface area (Å²) in [6, 6.07) is 5.46. The molecule has 0 amide bonds. The minimum absolute atomic E-state index is 0.410. The molecule has 1 aliphatic heterocycles. The summed E-state index contributed by atoms with van der Waals surface area (Å²) < 4.78 is 27.7. The van der Waals surface area contributed by atoms with Crippen LogP contribution in [0.3, 0.4) is 0 Å². The summed E-state index contributed by atoms with van der Waals surface area (Å²) >= 11 is 6.28. The fourth-order valence-electron chi connectivity index (χ4n) is 1.99. The molecule has 0 atom stereocenters. The molecule has 0 unspecified atom stereocenters. The predicted octanol–water partition coefficient (Wildman–Crippen LogP) is 3.32. The maximum atomic E-state index is 12.5. The van der Waals surface area contributed by atoms with Crippen molar-refractivity contribution in [1.82, 2.24) is 4.31 Å². The number of thiophene rings is 2. The van der Waals surface area contributed by atoms with Crippen LogP contribution < -0.4 is 0 Å². The number of rotatable bonds is 2. The van der Waals surface area contributed by atoms with Crippen LogP contribution in [0.2, 0.25) is 0 Å². The van der Waals surface area contributed by atoms with Crippen LogP contribution in [0.15, 0.2) is 31.6 Å². The Bertz CT molecular complexity index is 674. The monoisotopic (exact) mass is 363 g/mol. The van der Waals surface area contributed by atoms with E-state index in [2.05, 4.69) is 15.9 Å². The maximum Gasteiger partial charge on any atom is 0.252 e. The Hall–Kier alpha value is -0.210. The van der Waals surface area contributed by atoms with Gasteiger partial charge in [0.25, 0.3) is 10.0 Å². The highest BCUT2D eigenvalue weighted by Gasteiger charge is 2.29. The van der Waals surface area contributed by atoms with Crippen molar-refractivity contribution in [3.8, 4) is 0 Å². The van der Waals surface area contributed by atoms with Gasteiger partial charge in [0.1, 0.15) is 4.21 Å². The van der Waals surface area contributed by atoms with E-state index in [0.29, 0.717) is 17.3 Å². The second-order valence-electron chi connectivity index (χ2n) is 4.02. The third kappa shape index (κ3) is 2.18. The average molecular weight is 364 g/mol. The highest BCUT2D eigenvalue weighted by molar-refractivity contribution is 9.11.